The van der Waals surface area contributed by atoms with E-state index >= 15 is 0 Å². The molecule has 0 aliphatic carbocycles. The summed E-state index contributed by atoms with van der Waals surface area (Å²) < 4.78 is 6.06. The number of nitrogens with one attached hydrogen (secondary N) is 1. The molecule has 1 unspecified atom stereocenters. The molecule has 0 spiro atoms. The van der Waals surface area contributed by atoms with Crippen molar-refractivity contribution in [2.75, 3.05) is 12.4 Å². The molecular formula is C17H25N3O. The number of fused-ring (bicyclic) bond motifs is 1. The van der Waals surface area contributed by atoms with Crippen molar-refractivity contribution in [1.82, 2.24) is 9.97 Å². The van der Waals surface area contributed by atoms with Crippen LogP contribution in [0.3, 0.4) is 0 Å². The van der Waals surface area contributed by atoms with Gasteiger partial charge in [-0.3, -0.25) is 0 Å². The lowest BCUT2D eigenvalue weighted by Crippen LogP contribution is -2.13. The van der Waals surface area contributed by atoms with Gasteiger partial charge in [0.25, 0.3) is 0 Å². The van der Waals surface area contributed by atoms with Gasteiger partial charge in [-0.1, -0.05) is 38.3 Å². The van der Waals surface area contributed by atoms with Crippen molar-refractivity contribution in [3.05, 3.63) is 24.3 Å². The average Bonchev–Trinajstić information content (AvgIpc) is 2.51. The van der Waals surface area contributed by atoms with Crippen LogP contribution in [0, 0.1) is 0 Å². The van der Waals surface area contributed by atoms with Crippen molar-refractivity contribution in [1.29, 1.82) is 0 Å². The van der Waals surface area contributed by atoms with E-state index < -0.39 is 0 Å². The summed E-state index contributed by atoms with van der Waals surface area (Å²) in [7, 11) is 1.82. The van der Waals surface area contributed by atoms with E-state index in [4.69, 9.17) is 4.74 Å². The number of hydrogen-bond donors (Lipinski definition) is 1. The van der Waals surface area contributed by atoms with Gasteiger partial charge < -0.3 is 10.1 Å². The van der Waals surface area contributed by atoms with Gasteiger partial charge in [-0.2, -0.15) is 4.98 Å². The van der Waals surface area contributed by atoms with E-state index in [9.17, 15) is 0 Å². The first-order valence-corrected chi connectivity index (χ1v) is 7.85. The van der Waals surface area contributed by atoms with Gasteiger partial charge in [0.05, 0.1) is 17.0 Å². The van der Waals surface area contributed by atoms with Gasteiger partial charge >= 0.3 is 0 Å². The van der Waals surface area contributed by atoms with E-state index in [1.165, 1.54) is 25.7 Å². The topological polar surface area (TPSA) is 47.0 Å². The van der Waals surface area contributed by atoms with Crippen LogP contribution in [0.4, 0.5) is 5.95 Å². The number of aromatic nitrogens is 2. The second-order valence-electron chi connectivity index (χ2n) is 5.40. The summed E-state index contributed by atoms with van der Waals surface area (Å²) in [6, 6.07) is 7.96. The minimum absolute atomic E-state index is 0.171. The summed E-state index contributed by atoms with van der Waals surface area (Å²) in [6.07, 6.45) is 6.27. The van der Waals surface area contributed by atoms with Gasteiger partial charge in [-0.15, -0.1) is 0 Å². The highest BCUT2D eigenvalue weighted by Crippen LogP contribution is 2.25. The number of unbranched alkanes of at least 4 members (excludes halogenated alkanes) is 3. The first-order valence-electron chi connectivity index (χ1n) is 7.85. The molecule has 1 atom stereocenters. The second kappa shape index (κ2) is 7.81. The van der Waals surface area contributed by atoms with Crippen LogP contribution in [0.1, 0.15) is 46.0 Å². The maximum atomic E-state index is 6.06. The van der Waals surface area contributed by atoms with Crippen LogP contribution in [0.2, 0.25) is 0 Å². The highest BCUT2D eigenvalue weighted by molar-refractivity contribution is 5.84. The van der Waals surface area contributed by atoms with E-state index in [1.54, 1.807) is 0 Å². The molecule has 1 N–H and O–H groups in total. The zero-order valence-electron chi connectivity index (χ0n) is 13.2. The van der Waals surface area contributed by atoms with Gasteiger partial charge in [0.1, 0.15) is 0 Å². The van der Waals surface area contributed by atoms with Crippen molar-refractivity contribution in [3.63, 3.8) is 0 Å². The Kier molecular flexibility index (Phi) is 5.78. The standard InChI is InChI=1S/C17H25N3O/c1-4-5-6-7-10-13(2)21-16-14-11-8-9-12-15(14)19-17(18-3)20-16/h8-9,11-13H,4-7,10H2,1-3H3,(H,18,19,20). The summed E-state index contributed by atoms with van der Waals surface area (Å²) in [5, 5.41) is 3.96. The molecule has 2 aromatic rings. The van der Waals surface area contributed by atoms with E-state index in [0.29, 0.717) is 11.8 Å². The maximum absolute atomic E-state index is 6.06. The summed E-state index contributed by atoms with van der Waals surface area (Å²) in [5.74, 6) is 1.27. The van der Waals surface area contributed by atoms with Crippen LogP contribution < -0.4 is 10.1 Å². The lowest BCUT2D eigenvalue weighted by molar-refractivity contribution is 0.201. The highest BCUT2D eigenvalue weighted by Gasteiger charge is 2.11. The molecule has 2 rings (SSSR count). The Hall–Kier alpha value is -1.84. The number of nitrogens with zero attached hydrogens (tertiary/aromatic N) is 2. The fraction of sp³-hybridized carbons (Fsp3) is 0.529. The van der Waals surface area contributed by atoms with Gasteiger partial charge in [0.2, 0.25) is 11.8 Å². The van der Waals surface area contributed by atoms with E-state index in [2.05, 4.69) is 29.1 Å². The number of hydrogen-bond acceptors (Lipinski definition) is 4. The number of para-hydroxylation sites is 1. The van der Waals surface area contributed by atoms with Crippen molar-refractivity contribution >= 4 is 16.9 Å². The molecule has 1 aromatic carbocycles. The zero-order valence-corrected chi connectivity index (χ0v) is 13.2. The van der Waals surface area contributed by atoms with Gasteiger partial charge in [-0.25, -0.2) is 4.98 Å². The molecular weight excluding hydrogens is 262 g/mol. The molecule has 0 aliphatic heterocycles. The first-order chi connectivity index (χ1) is 10.2. The van der Waals surface area contributed by atoms with Crippen LogP contribution in [-0.4, -0.2) is 23.1 Å². The Morgan fingerprint density at radius 3 is 2.71 bits per heavy atom. The Morgan fingerprint density at radius 1 is 1.14 bits per heavy atom. The Balaban J connectivity index is 2.09. The zero-order chi connectivity index (χ0) is 15.1. The fourth-order valence-electron chi connectivity index (χ4n) is 2.36. The number of anilines is 1. The SMILES string of the molecule is CCCCCCC(C)Oc1nc(NC)nc2ccccc12. The molecule has 0 fully saturated rings. The molecule has 0 bridgehead atoms. The largest absolute Gasteiger partial charge is 0.474 e. The van der Waals surface area contributed by atoms with Crippen molar-refractivity contribution < 1.29 is 4.74 Å². The van der Waals surface area contributed by atoms with Gasteiger partial charge in [-0.05, 0) is 31.9 Å². The van der Waals surface area contributed by atoms with E-state index in [1.807, 2.05) is 31.3 Å². The number of benzene rings is 1. The van der Waals surface area contributed by atoms with Crippen molar-refractivity contribution in [2.45, 2.75) is 52.1 Å². The van der Waals surface area contributed by atoms with Crippen molar-refractivity contribution in [2.24, 2.45) is 0 Å². The average molecular weight is 287 g/mol. The predicted molar refractivity (Wildman–Crippen MR) is 87.9 cm³/mol. The molecule has 1 aromatic heterocycles. The number of rotatable bonds is 8. The summed E-state index contributed by atoms with van der Waals surface area (Å²) in [6.45, 7) is 4.34. The molecule has 114 valence electrons. The first kappa shape index (κ1) is 15.5. The third-order valence-electron chi connectivity index (χ3n) is 3.57. The molecule has 0 aliphatic rings. The molecule has 0 radical (unpaired) electrons. The summed E-state index contributed by atoms with van der Waals surface area (Å²) in [5.41, 5.74) is 0.907. The quantitative estimate of drug-likeness (QED) is 0.731. The number of ether oxygens (including phenoxy) is 1. The smallest absolute Gasteiger partial charge is 0.226 e. The second-order valence-corrected chi connectivity index (χ2v) is 5.40. The summed E-state index contributed by atoms with van der Waals surface area (Å²) in [4.78, 5) is 8.91. The van der Waals surface area contributed by atoms with Gasteiger partial charge in [0, 0.05) is 7.05 Å². The molecule has 0 saturated carbocycles. The lowest BCUT2D eigenvalue weighted by atomic mass is 10.1. The van der Waals surface area contributed by atoms with Crippen LogP contribution >= 0.6 is 0 Å². The van der Waals surface area contributed by atoms with E-state index in [0.717, 1.165) is 17.3 Å². The van der Waals surface area contributed by atoms with Gasteiger partial charge in [0.15, 0.2) is 0 Å². The monoisotopic (exact) mass is 287 g/mol. The highest BCUT2D eigenvalue weighted by atomic mass is 16.5. The molecule has 0 saturated heterocycles. The molecule has 4 nitrogen and oxygen atoms in total. The van der Waals surface area contributed by atoms with Crippen molar-refractivity contribution in [3.8, 4) is 5.88 Å². The third kappa shape index (κ3) is 4.31. The van der Waals surface area contributed by atoms with Crippen LogP contribution in [-0.2, 0) is 0 Å². The third-order valence-corrected chi connectivity index (χ3v) is 3.57. The normalized spacial score (nSPS) is 12.3. The predicted octanol–water partition coefficient (Wildman–Crippen LogP) is 4.41. The van der Waals surface area contributed by atoms with Crippen LogP contribution in [0.5, 0.6) is 5.88 Å². The van der Waals surface area contributed by atoms with Crippen LogP contribution in [0.25, 0.3) is 10.9 Å². The summed E-state index contributed by atoms with van der Waals surface area (Å²) >= 11 is 0. The lowest BCUT2D eigenvalue weighted by Gasteiger charge is -2.16. The molecule has 1 heterocycles. The molecule has 0 amide bonds. The Morgan fingerprint density at radius 2 is 1.95 bits per heavy atom. The maximum Gasteiger partial charge on any atom is 0.226 e. The Labute approximate surface area is 127 Å². The Bertz CT molecular complexity index is 571. The molecule has 21 heavy (non-hydrogen) atoms. The fourth-order valence-corrected chi connectivity index (χ4v) is 2.36. The van der Waals surface area contributed by atoms with Crippen LogP contribution in [0.15, 0.2) is 24.3 Å². The minimum Gasteiger partial charge on any atom is -0.474 e. The van der Waals surface area contributed by atoms with E-state index in [-0.39, 0.29) is 6.10 Å². The minimum atomic E-state index is 0.171. The molecule has 4 heteroatoms.